The van der Waals surface area contributed by atoms with E-state index in [1.54, 1.807) is 18.2 Å². The third-order valence-electron chi connectivity index (χ3n) is 3.31. The normalized spacial score (nSPS) is 11.3. The highest BCUT2D eigenvalue weighted by atomic mass is 19.1. The van der Waals surface area contributed by atoms with E-state index < -0.39 is 36.3 Å². The van der Waals surface area contributed by atoms with Crippen molar-refractivity contribution in [1.29, 1.82) is 0 Å². The highest BCUT2D eigenvalue weighted by molar-refractivity contribution is 5.96. The molecule has 26 heavy (non-hydrogen) atoms. The van der Waals surface area contributed by atoms with E-state index in [1.165, 1.54) is 37.3 Å². The third kappa shape index (κ3) is 5.04. The van der Waals surface area contributed by atoms with E-state index in [0.29, 0.717) is 0 Å². The molecule has 7 nitrogen and oxygen atoms in total. The lowest BCUT2D eigenvalue weighted by atomic mass is 10.2. The Morgan fingerprint density at radius 2 is 1.77 bits per heavy atom. The first kappa shape index (κ1) is 18.9. The van der Waals surface area contributed by atoms with E-state index in [2.05, 4.69) is 5.32 Å². The number of primary amides is 1. The number of carbonyl (C=O) groups excluding carboxylic acids is 3. The molecule has 136 valence electrons. The maximum Gasteiger partial charge on any atom is 0.344 e. The average molecular weight is 360 g/mol. The van der Waals surface area contributed by atoms with Gasteiger partial charge in [0, 0.05) is 0 Å². The number of esters is 1. The first-order valence-corrected chi connectivity index (χ1v) is 7.65. The third-order valence-corrected chi connectivity index (χ3v) is 3.31. The predicted molar refractivity (Wildman–Crippen MR) is 91.0 cm³/mol. The molecule has 0 aliphatic heterocycles. The second kappa shape index (κ2) is 8.61. The Morgan fingerprint density at radius 1 is 1.12 bits per heavy atom. The van der Waals surface area contributed by atoms with Gasteiger partial charge in [-0.05, 0) is 31.2 Å². The molecule has 0 heterocycles. The van der Waals surface area contributed by atoms with Crippen molar-refractivity contribution in [1.82, 2.24) is 0 Å². The van der Waals surface area contributed by atoms with Gasteiger partial charge in [-0.1, -0.05) is 24.3 Å². The minimum atomic E-state index is -1.17. The number of nitrogens with one attached hydrogen (secondary N) is 1. The summed E-state index contributed by atoms with van der Waals surface area (Å²) in [7, 11) is 0. The molecule has 0 spiro atoms. The van der Waals surface area contributed by atoms with Crippen molar-refractivity contribution in [2.75, 3.05) is 11.9 Å². The lowest BCUT2D eigenvalue weighted by molar-refractivity contribution is -0.155. The lowest BCUT2D eigenvalue weighted by Crippen LogP contribution is -2.32. The number of hydrogen-bond donors (Lipinski definition) is 2. The van der Waals surface area contributed by atoms with Crippen LogP contribution in [0, 0.1) is 5.82 Å². The summed E-state index contributed by atoms with van der Waals surface area (Å²) < 4.78 is 23.7. The van der Waals surface area contributed by atoms with Crippen LogP contribution in [0.5, 0.6) is 5.75 Å². The number of hydrogen-bond acceptors (Lipinski definition) is 5. The molecule has 0 unspecified atom stereocenters. The molecule has 0 fully saturated rings. The number of rotatable bonds is 7. The molecule has 0 aromatic heterocycles. The first-order chi connectivity index (χ1) is 12.4. The number of anilines is 1. The SMILES string of the molecule is C[C@H](OC(=O)COc1ccccc1C(N)=O)C(=O)Nc1ccccc1F. The quantitative estimate of drug-likeness (QED) is 0.733. The lowest BCUT2D eigenvalue weighted by Gasteiger charge is -2.14. The van der Waals surface area contributed by atoms with Crippen molar-refractivity contribution in [3.05, 3.63) is 59.9 Å². The Kier molecular flexibility index (Phi) is 6.26. The van der Waals surface area contributed by atoms with Gasteiger partial charge in [0.2, 0.25) is 0 Å². The van der Waals surface area contributed by atoms with Crippen LogP contribution in [0.15, 0.2) is 48.5 Å². The topological polar surface area (TPSA) is 108 Å². The number of carbonyl (C=O) groups is 3. The summed E-state index contributed by atoms with van der Waals surface area (Å²) >= 11 is 0. The van der Waals surface area contributed by atoms with Crippen molar-refractivity contribution in [3.63, 3.8) is 0 Å². The second-order valence-electron chi connectivity index (χ2n) is 5.25. The predicted octanol–water partition coefficient (Wildman–Crippen LogP) is 1.87. The van der Waals surface area contributed by atoms with E-state index in [9.17, 15) is 18.8 Å². The van der Waals surface area contributed by atoms with Gasteiger partial charge in [-0.15, -0.1) is 0 Å². The average Bonchev–Trinajstić information content (AvgIpc) is 2.62. The highest BCUT2D eigenvalue weighted by Crippen LogP contribution is 2.17. The van der Waals surface area contributed by atoms with Crippen molar-refractivity contribution in [2.45, 2.75) is 13.0 Å². The van der Waals surface area contributed by atoms with Gasteiger partial charge < -0.3 is 20.5 Å². The van der Waals surface area contributed by atoms with Crippen LogP contribution < -0.4 is 15.8 Å². The summed E-state index contributed by atoms with van der Waals surface area (Å²) in [4.78, 5) is 35.1. The zero-order valence-corrected chi connectivity index (χ0v) is 13.9. The van der Waals surface area contributed by atoms with Gasteiger partial charge in [-0.2, -0.15) is 0 Å². The number of ether oxygens (including phenoxy) is 2. The van der Waals surface area contributed by atoms with Crippen LogP contribution in [0.25, 0.3) is 0 Å². The molecule has 0 saturated heterocycles. The van der Waals surface area contributed by atoms with Crippen LogP contribution in [0.4, 0.5) is 10.1 Å². The molecule has 8 heteroatoms. The van der Waals surface area contributed by atoms with Crippen LogP contribution >= 0.6 is 0 Å². The molecule has 0 aliphatic carbocycles. The van der Waals surface area contributed by atoms with E-state index in [-0.39, 0.29) is 17.0 Å². The van der Waals surface area contributed by atoms with Gasteiger partial charge in [0.05, 0.1) is 11.3 Å². The van der Waals surface area contributed by atoms with E-state index in [0.717, 1.165) is 0 Å². The number of para-hydroxylation sites is 2. The molecule has 1 atom stereocenters. The van der Waals surface area contributed by atoms with Gasteiger partial charge in [0.15, 0.2) is 12.7 Å². The number of benzene rings is 2. The Labute approximate surface area is 148 Å². The highest BCUT2D eigenvalue weighted by Gasteiger charge is 2.20. The van der Waals surface area contributed by atoms with Gasteiger partial charge in [0.25, 0.3) is 11.8 Å². The van der Waals surface area contributed by atoms with Gasteiger partial charge in [-0.25, -0.2) is 9.18 Å². The second-order valence-corrected chi connectivity index (χ2v) is 5.25. The first-order valence-electron chi connectivity index (χ1n) is 7.65. The van der Waals surface area contributed by atoms with Crippen LogP contribution in [0.2, 0.25) is 0 Å². The minimum Gasteiger partial charge on any atom is -0.481 e. The Morgan fingerprint density at radius 3 is 2.46 bits per heavy atom. The summed E-state index contributed by atoms with van der Waals surface area (Å²) in [6.45, 7) is 0.813. The van der Waals surface area contributed by atoms with Gasteiger partial charge >= 0.3 is 5.97 Å². The largest absolute Gasteiger partial charge is 0.481 e. The molecular weight excluding hydrogens is 343 g/mol. The molecule has 3 N–H and O–H groups in total. The molecule has 0 saturated carbocycles. The maximum absolute atomic E-state index is 13.5. The number of halogens is 1. The zero-order valence-electron chi connectivity index (χ0n) is 13.9. The summed E-state index contributed by atoms with van der Waals surface area (Å²) in [5.74, 6) is -2.71. The van der Waals surface area contributed by atoms with Crippen molar-refractivity contribution in [2.24, 2.45) is 5.73 Å². The van der Waals surface area contributed by atoms with Gasteiger partial charge in [-0.3, -0.25) is 9.59 Å². The van der Waals surface area contributed by atoms with Crippen molar-refractivity contribution in [3.8, 4) is 5.75 Å². The Hall–Kier alpha value is -3.42. The fourth-order valence-corrected chi connectivity index (χ4v) is 2.01. The maximum atomic E-state index is 13.5. The monoisotopic (exact) mass is 360 g/mol. The molecule has 2 rings (SSSR count). The van der Waals surface area contributed by atoms with Crippen LogP contribution in [0.1, 0.15) is 17.3 Å². The van der Waals surface area contributed by atoms with Gasteiger partial charge in [0.1, 0.15) is 11.6 Å². The molecular formula is C18H17FN2O5. The van der Waals surface area contributed by atoms with Crippen LogP contribution in [0.3, 0.4) is 0 Å². The Bertz CT molecular complexity index is 825. The van der Waals surface area contributed by atoms with E-state index in [1.807, 2.05) is 0 Å². The smallest absolute Gasteiger partial charge is 0.344 e. The van der Waals surface area contributed by atoms with Crippen molar-refractivity contribution < 1.29 is 28.2 Å². The molecule has 0 aliphatic rings. The summed E-state index contributed by atoms with van der Waals surface area (Å²) in [5.41, 5.74) is 5.30. The fraction of sp³-hybridized carbons (Fsp3) is 0.167. The van der Waals surface area contributed by atoms with E-state index >= 15 is 0 Å². The number of nitrogens with two attached hydrogens (primary N) is 1. The molecule has 0 bridgehead atoms. The zero-order chi connectivity index (χ0) is 19.1. The van der Waals surface area contributed by atoms with E-state index in [4.69, 9.17) is 15.2 Å². The van der Waals surface area contributed by atoms with Crippen LogP contribution in [-0.4, -0.2) is 30.5 Å². The molecule has 0 radical (unpaired) electrons. The summed E-state index contributed by atoms with van der Waals surface area (Å²) in [5, 5.41) is 2.32. The molecule has 2 amide bonds. The fourth-order valence-electron chi connectivity index (χ4n) is 2.01. The standard InChI is InChI=1S/C18H17FN2O5/c1-11(18(24)21-14-8-4-3-7-13(14)19)26-16(22)10-25-15-9-5-2-6-12(15)17(20)23/h2-9,11H,10H2,1H3,(H2,20,23)(H,21,24)/t11-/m0/s1. The Balaban J connectivity index is 1.88. The molecule has 2 aromatic rings. The summed E-state index contributed by atoms with van der Waals surface area (Å²) in [6, 6.07) is 11.7. The van der Waals surface area contributed by atoms with Crippen molar-refractivity contribution >= 4 is 23.5 Å². The number of amides is 2. The summed E-state index contributed by atoms with van der Waals surface area (Å²) in [6.07, 6.45) is -1.17. The minimum absolute atomic E-state index is 0.0213. The van der Waals surface area contributed by atoms with Crippen LogP contribution in [-0.2, 0) is 14.3 Å². The molecule has 2 aromatic carbocycles.